The Morgan fingerprint density at radius 2 is 2.00 bits per heavy atom. The summed E-state index contributed by atoms with van der Waals surface area (Å²) in [7, 11) is 0. The normalized spacial score (nSPS) is 10.3. The average molecular weight is 336 g/mol. The summed E-state index contributed by atoms with van der Waals surface area (Å²) in [6.07, 6.45) is 0.886. The van der Waals surface area contributed by atoms with Gasteiger partial charge in [-0.25, -0.2) is 0 Å². The van der Waals surface area contributed by atoms with Gasteiger partial charge in [0.05, 0.1) is 9.40 Å². The lowest BCUT2D eigenvalue weighted by Crippen LogP contribution is -1.99. The molecule has 0 heterocycles. The maximum absolute atomic E-state index is 10.9. The molecule has 5 heteroatoms. The molecule has 0 radical (unpaired) electrons. The number of para-hydroxylation sites is 1. The van der Waals surface area contributed by atoms with Gasteiger partial charge in [-0.3, -0.25) is 10.1 Å². The molecule has 0 saturated carbocycles. The van der Waals surface area contributed by atoms with Gasteiger partial charge < -0.3 is 4.74 Å². The highest BCUT2D eigenvalue weighted by molar-refractivity contribution is 9.10. The number of hydrogen-bond donors (Lipinski definition) is 0. The summed E-state index contributed by atoms with van der Waals surface area (Å²) >= 11 is 3.17. The molecular weight excluding hydrogens is 322 g/mol. The van der Waals surface area contributed by atoms with Gasteiger partial charge in [0.2, 0.25) is 0 Å². The quantitative estimate of drug-likeness (QED) is 0.597. The standard InChI is InChI=1S/C15H14BrNO3/c1-2-12-5-3-4-6-15(12)20-10-11-7-8-13(16)14(9-11)17(18)19/h3-9H,2,10H2,1H3. The van der Waals surface area contributed by atoms with E-state index in [0.717, 1.165) is 23.3 Å². The molecule has 0 saturated heterocycles. The van der Waals surface area contributed by atoms with E-state index in [0.29, 0.717) is 11.1 Å². The molecule has 0 aliphatic carbocycles. The van der Waals surface area contributed by atoms with Gasteiger partial charge in [-0.15, -0.1) is 0 Å². The van der Waals surface area contributed by atoms with E-state index in [9.17, 15) is 10.1 Å². The number of nitrogens with zero attached hydrogens (tertiary/aromatic N) is 1. The zero-order valence-electron chi connectivity index (χ0n) is 11.0. The van der Waals surface area contributed by atoms with Gasteiger partial charge in [-0.1, -0.05) is 31.2 Å². The van der Waals surface area contributed by atoms with Crippen LogP contribution in [0.1, 0.15) is 18.1 Å². The van der Waals surface area contributed by atoms with E-state index in [-0.39, 0.29) is 5.69 Å². The maximum atomic E-state index is 10.9. The third-order valence-electron chi connectivity index (χ3n) is 2.96. The van der Waals surface area contributed by atoms with Gasteiger partial charge in [0, 0.05) is 6.07 Å². The highest BCUT2D eigenvalue weighted by Crippen LogP contribution is 2.26. The lowest BCUT2D eigenvalue weighted by Gasteiger charge is -2.10. The summed E-state index contributed by atoms with van der Waals surface area (Å²) in [5.74, 6) is 0.820. The highest BCUT2D eigenvalue weighted by Gasteiger charge is 2.12. The Kier molecular flexibility index (Phi) is 4.74. The first-order chi connectivity index (χ1) is 9.61. The Bertz CT molecular complexity index is 628. The minimum atomic E-state index is -0.409. The fourth-order valence-electron chi connectivity index (χ4n) is 1.89. The van der Waals surface area contributed by atoms with E-state index in [1.54, 1.807) is 6.07 Å². The third-order valence-corrected chi connectivity index (χ3v) is 3.63. The predicted octanol–water partition coefficient (Wildman–Crippen LogP) is 4.50. The average Bonchev–Trinajstić information content (AvgIpc) is 2.46. The largest absolute Gasteiger partial charge is 0.489 e. The van der Waals surface area contributed by atoms with Crippen LogP contribution in [0.3, 0.4) is 0 Å². The van der Waals surface area contributed by atoms with Gasteiger partial charge in [-0.2, -0.15) is 0 Å². The number of halogens is 1. The van der Waals surface area contributed by atoms with Crippen LogP contribution in [0.5, 0.6) is 5.75 Å². The molecule has 0 bridgehead atoms. The van der Waals surface area contributed by atoms with Crippen molar-refractivity contribution < 1.29 is 9.66 Å². The molecule has 0 fully saturated rings. The molecule has 0 amide bonds. The predicted molar refractivity (Wildman–Crippen MR) is 80.9 cm³/mol. The molecule has 0 spiro atoms. The Balaban J connectivity index is 2.15. The minimum absolute atomic E-state index is 0.0508. The van der Waals surface area contributed by atoms with Gasteiger partial charge in [0.15, 0.2) is 0 Å². The number of aryl methyl sites for hydroxylation is 1. The van der Waals surface area contributed by atoms with Crippen molar-refractivity contribution in [3.8, 4) is 5.75 Å². The van der Waals surface area contributed by atoms with Crippen LogP contribution in [0.4, 0.5) is 5.69 Å². The van der Waals surface area contributed by atoms with E-state index >= 15 is 0 Å². The van der Waals surface area contributed by atoms with E-state index in [1.165, 1.54) is 6.07 Å². The summed E-state index contributed by atoms with van der Waals surface area (Å²) in [5, 5.41) is 10.9. The summed E-state index contributed by atoms with van der Waals surface area (Å²) in [6.45, 7) is 2.37. The minimum Gasteiger partial charge on any atom is -0.489 e. The SMILES string of the molecule is CCc1ccccc1OCc1ccc(Br)c([N+](=O)[O-])c1. The van der Waals surface area contributed by atoms with Crippen LogP contribution in [0.15, 0.2) is 46.9 Å². The number of hydrogen-bond acceptors (Lipinski definition) is 3. The smallest absolute Gasteiger partial charge is 0.283 e. The number of ether oxygens (including phenoxy) is 1. The first-order valence-corrected chi connectivity index (χ1v) is 7.04. The summed E-state index contributed by atoms with van der Waals surface area (Å²) in [6, 6.07) is 12.8. The lowest BCUT2D eigenvalue weighted by atomic mass is 10.1. The molecule has 0 N–H and O–H groups in total. The number of nitro groups is 1. The second-order valence-electron chi connectivity index (χ2n) is 4.29. The summed E-state index contributed by atoms with van der Waals surface area (Å²) in [4.78, 5) is 10.5. The van der Waals surface area contributed by atoms with E-state index in [1.807, 2.05) is 30.3 Å². The van der Waals surface area contributed by atoms with Gasteiger partial charge in [0.25, 0.3) is 5.69 Å². The van der Waals surface area contributed by atoms with Crippen LogP contribution >= 0.6 is 15.9 Å². The van der Waals surface area contributed by atoms with E-state index < -0.39 is 4.92 Å². The van der Waals surface area contributed by atoms with Crippen molar-refractivity contribution in [1.82, 2.24) is 0 Å². The maximum Gasteiger partial charge on any atom is 0.283 e. The molecule has 104 valence electrons. The van der Waals surface area contributed by atoms with Gasteiger partial charge in [0.1, 0.15) is 12.4 Å². The Morgan fingerprint density at radius 1 is 1.25 bits per heavy atom. The van der Waals surface area contributed by atoms with Crippen molar-refractivity contribution in [3.63, 3.8) is 0 Å². The van der Waals surface area contributed by atoms with Crippen molar-refractivity contribution >= 4 is 21.6 Å². The Hall–Kier alpha value is -1.88. The van der Waals surface area contributed by atoms with Crippen molar-refractivity contribution in [2.75, 3.05) is 0 Å². The van der Waals surface area contributed by atoms with Crippen LogP contribution < -0.4 is 4.74 Å². The first kappa shape index (κ1) is 14.5. The van der Waals surface area contributed by atoms with Gasteiger partial charge in [-0.05, 0) is 45.6 Å². The second-order valence-corrected chi connectivity index (χ2v) is 5.15. The number of nitro benzene ring substituents is 1. The van der Waals surface area contributed by atoms with E-state index in [4.69, 9.17) is 4.74 Å². The van der Waals surface area contributed by atoms with Crippen LogP contribution in [-0.2, 0) is 13.0 Å². The molecular formula is C15H14BrNO3. The van der Waals surface area contributed by atoms with Gasteiger partial charge >= 0.3 is 0 Å². The monoisotopic (exact) mass is 335 g/mol. The molecule has 0 unspecified atom stereocenters. The molecule has 20 heavy (non-hydrogen) atoms. The summed E-state index contributed by atoms with van der Waals surface area (Å²) in [5.41, 5.74) is 1.94. The van der Waals surface area contributed by atoms with Crippen LogP contribution in [-0.4, -0.2) is 4.92 Å². The molecule has 0 aliphatic heterocycles. The van der Waals surface area contributed by atoms with Crippen molar-refractivity contribution in [3.05, 3.63) is 68.2 Å². The zero-order valence-corrected chi connectivity index (χ0v) is 12.6. The lowest BCUT2D eigenvalue weighted by molar-refractivity contribution is -0.385. The van der Waals surface area contributed by atoms with Crippen LogP contribution in [0.25, 0.3) is 0 Å². The number of benzene rings is 2. The Labute approximate surface area is 125 Å². The molecule has 4 nitrogen and oxygen atoms in total. The van der Waals surface area contributed by atoms with Crippen molar-refractivity contribution in [2.45, 2.75) is 20.0 Å². The molecule has 0 aliphatic rings. The molecule has 0 aromatic heterocycles. The number of rotatable bonds is 5. The Morgan fingerprint density at radius 3 is 2.70 bits per heavy atom. The highest BCUT2D eigenvalue weighted by atomic mass is 79.9. The van der Waals surface area contributed by atoms with Crippen molar-refractivity contribution in [1.29, 1.82) is 0 Å². The fraction of sp³-hybridized carbons (Fsp3) is 0.200. The zero-order chi connectivity index (χ0) is 14.5. The van der Waals surface area contributed by atoms with Crippen LogP contribution in [0, 0.1) is 10.1 Å². The molecule has 2 rings (SSSR count). The third kappa shape index (κ3) is 3.36. The van der Waals surface area contributed by atoms with E-state index in [2.05, 4.69) is 22.9 Å². The second kappa shape index (κ2) is 6.52. The summed E-state index contributed by atoms with van der Waals surface area (Å²) < 4.78 is 6.22. The topological polar surface area (TPSA) is 52.4 Å². The molecule has 2 aromatic rings. The first-order valence-electron chi connectivity index (χ1n) is 6.25. The molecule has 0 atom stereocenters. The van der Waals surface area contributed by atoms with Crippen LogP contribution in [0.2, 0.25) is 0 Å². The molecule has 2 aromatic carbocycles. The fourth-order valence-corrected chi connectivity index (χ4v) is 2.28. The van der Waals surface area contributed by atoms with Crippen molar-refractivity contribution in [2.24, 2.45) is 0 Å².